The van der Waals surface area contributed by atoms with E-state index in [-0.39, 0.29) is 18.3 Å². The molecule has 5 nitrogen and oxygen atoms in total. The second-order valence-corrected chi connectivity index (χ2v) is 5.32. The van der Waals surface area contributed by atoms with Gasteiger partial charge in [-0.05, 0) is 41.8 Å². The van der Waals surface area contributed by atoms with E-state index in [0.29, 0.717) is 30.0 Å². The standard InChI is InChI=1S/C20H19FN2O3/c1-25-19-14-15(6-8-18(19)26-13-11-22)7-9-20(24)23-12-10-16-4-2-3-5-17(16)21/h2-9,14H,10,12-13H2,1H3,(H,23,24)/b9-7+. The van der Waals surface area contributed by atoms with Crippen LogP contribution in [0.1, 0.15) is 11.1 Å². The third-order valence-corrected chi connectivity index (χ3v) is 3.56. The molecule has 2 rings (SSSR count). The summed E-state index contributed by atoms with van der Waals surface area (Å²) in [6.45, 7) is 0.268. The topological polar surface area (TPSA) is 71.3 Å². The highest BCUT2D eigenvalue weighted by molar-refractivity contribution is 5.91. The van der Waals surface area contributed by atoms with Crippen LogP contribution in [0.15, 0.2) is 48.5 Å². The van der Waals surface area contributed by atoms with Gasteiger partial charge < -0.3 is 14.8 Å². The van der Waals surface area contributed by atoms with E-state index in [0.717, 1.165) is 5.56 Å². The Morgan fingerprint density at radius 2 is 2.08 bits per heavy atom. The third-order valence-electron chi connectivity index (χ3n) is 3.56. The Hall–Kier alpha value is -3.33. The van der Waals surface area contributed by atoms with Crippen molar-refractivity contribution in [3.8, 4) is 17.6 Å². The average Bonchev–Trinajstić information content (AvgIpc) is 2.66. The SMILES string of the molecule is COc1cc(/C=C/C(=O)NCCc2ccccc2F)ccc1OCC#N. The zero-order valence-corrected chi connectivity index (χ0v) is 14.4. The number of hydrogen-bond acceptors (Lipinski definition) is 4. The first-order valence-corrected chi connectivity index (χ1v) is 8.01. The fraction of sp³-hybridized carbons (Fsp3) is 0.200. The number of halogens is 1. The quantitative estimate of drug-likeness (QED) is 0.740. The van der Waals surface area contributed by atoms with Crippen molar-refractivity contribution in [3.05, 3.63) is 65.5 Å². The molecule has 0 radical (unpaired) electrons. The summed E-state index contributed by atoms with van der Waals surface area (Å²) < 4.78 is 24.0. The highest BCUT2D eigenvalue weighted by atomic mass is 19.1. The monoisotopic (exact) mass is 354 g/mol. The number of carbonyl (C=O) groups is 1. The summed E-state index contributed by atoms with van der Waals surface area (Å²) in [5.74, 6) is 0.385. The molecule has 0 saturated heterocycles. The minimum Gasteiger partial charge on any atom is -0.493 e. The van der Waals surface area contributed by atoms with Gasteiger partial charge in [0.25, 0.3) is 0 Å². The molecular weight excluding hydrogens is 335 g/mol. The van der Waals surface area contributed by atoms with Crippen LogP contribution in [0, 0.1) is 17.1 Å². The first-order chi connectivity index (χ1) is 12.6. The number of carbonyl (C=O) groups excluding carboxylic acids is 1. The molecule has 0 saturated carbocycles. The van der Waals surface area contributed by atoms with Gasteiger partial charge in [-0.1, -0.05) is 24.3 Å². The first-order valence-electron chi connectivity index (χ1n) is 8.01. The van der Waals surface area contributed by atoms with E-state index in [1.54, 1.807) is 42.5 Å². The van der Waals surface area contributed by atoms with E-state index < -0.39 is 0 Å². The third kappa shape index (κ3) is 5.64. The van der Waals surface area contributed by atoms with E-state index in [2.05, 4.69) is 5.32 Å². The van der Waals surface area contributed by atoms with Gasteiger partial charge in [-0.15, -0.1) is 0 Å². The Bertz CT molecular complexity index is 828. The zero-order chi connectivity index (χ0) is 18.8. The summed E-state index contributed by atoms with van der Waals surface area (Å²) in [6.07, 6.45) is 3.45. The van der Waals surface area contributed by atoms with Crippen LogP contribution in [0.25, 0.3) is 6.08 Å². The molecule has 0 aliphatic heterocycles. The van der Waals surface area contributed by atoms with E-state index in [4.69, 9.17) is 14.7 Å². The molecule has 0 aliphatic rings. The molecule has 0 fully saturated rings. The lowest BCUT2D eigenvalue weighted by molar-refractivity contribution is -0.116. The van der Waals surface area contributed by atoms with Gasteiger partial charge in [0, 0.05) is 12.6 Å². The number of rotatable bonds is 8. The van der Waals surface area contributed by atoms with Crippen molar-refractivity contribution in [2.24, 2.45) is 0 Å². The van der Waals surface area contributed by atoms with Crippen molar-refractivity contribution < 1.29 is 18.7 Å². The second kappa shape index (κ2) is 9.84. The largest absolute Gasteiger partial charge is 0.493 e. The Labute approximate surface area is 151 Å². The lowest BCUT2D eigenvalue weighted by Crippen LogP contribution is -2.23. The highest BCUT2D eigenvalue weighted by Gasteiger charge is 2.05. The van der Waals surface area contributed by atoms with Crippen molar-refractivity contribution in [2.45, 2.75) is 6.42 Å². The fourth-order valence-corrected chi connectivity index (χ4v) is 2.27. The molecule has 1 N–H and O–H groups in total. The van der Waals surface area contributed by atoms with Crippen LogP contribution in [0.2, 0.25) is 0 Å². The van der Waals surface area contributed by atoms with Gasteiger partial charge in [-0.2, -0.15) is 5.26 Å². The molecule has 26 heavy (non-hydrogen) atoms. The van der Waals surface area contributed by atoms with Crippen LogP contribution in [-0.2, 0) is 11.2 Å². The molecular formula is C20H19FN2O3. The summed E-state index contributed by atoms with van der Waals surface area (Å²) in [4.78, 5) is 11.9. The molecule has 0 unspecified atom stereocenters. The van der Waals surface area contributed by atoms with Crippen LogP contribution in [-0.4, -0.2) is 26.2 Å². The van der Waals surface area contributed by atoms with Gasteiger partial charge in [0.2, 0.25) is 5.91 Å². The Morgan fingerprint density at radius 1 is 1.27 bits per heavy atom. The minimum absolute atomic E-state index is 0.0735. The number of nitrogens with one attached hydrogen (secondary N) is 1. The molecule has 0 bridgehead atoms. The number of methoxy groups -OCH3 is 1. The van der Waals surface area contributed by atoms with Gasteiger partial charge in [0.1, 0.15) is 11.9 Å². The van der Waals surface area contributed by atoms with Crippen LogP contribution in [0.4, 0.5) is 4.39 Å². The number of nitriles is 1. The van der Waals surface area contributed by atoms with Gasteiger partial charge >= 0.3 is 0 Å². The Morgan fingerprint density at radius 3 is 2.81 bits per heavy atom. The van der Waals surface area contributed by atoms with Crippen molar-refractivity contribution in [3.63, 3.8) is 0 Å². The van der Waals surface area contributed by atoms with Crippen LogP contribution < -0.4 is 14.8 Å². The smallest absolute Gasteiger partial charge is 0.244 e. The predicted octanol–water partition coefficient (Wildman–Crippen LogP) is 3.11. The van der Waals surface area contributed by atoms with E-state index in [9.17, 15) is 9.18 Å². The Kier molecular flexibility index (Phi) is 7.19. The minimum atomic E-state index is -0.275. The second-order valence-electron chi connectivity index (χ2n) is 5.32. The zero-order valence-electron chi connectivity index (χ0n) is 14.4. The van der Waals surface area contributed by atoms with Crippen molar-refractivity contribution in [2.75, 3.05) is 20.3 Å². The summed E-state index contributed by atoms with van der Waals surface area (Å²) >= 11 is 0. The average molecular weight is 354 g/mol. The summed E-state index contributed by atoms with van der Waals surface area (Å²) in [5, 5.41) is 11.3. The lowest BCUT2D eigenvalue weighted by atomic mass is 10.1. The van der Waals surface area contributed by atoms with Gasteiger partial charge in [-0.25, -0.2) is 4.39 Å². The van der Waals surface area contributed by atoms with Crippen molar-refractivity contribution >= 4 is 12.0 Å². The number of ether oxygens (including phenoxy) is 2. The van der Waals surface area contributed by atoms with Gasteiger partial charge in [0.15, 0.2) is 18.1 Å². The van der Waals surface area contributed by atoms with E-state index in [1.165, 1.54) is 19.3 Å². The van der Waals surface area contributed by atoms with Crippen molar-refractivity contribution in [1.29, 1.82) is 5.26 Å². The summed E-state index contributed by atoms with van der Waals surface area (Å²) in [7, 11) is 1.50. The molecule has 134 valence electrons. The van der Waals surface area contributed by atoms with Crippen molar-refractivity contribution in [1.82, 2.24) is 5.32 Å². The molecule has 0 heterocycles. The van der Waals surface area contributed by atoms with Crippen LogP contribution in [0.3, 0.4) is 0 Å². The molecule has 0 spiro atoms. The maximum absolute atomic E-state index is 13.5. The fourth-order valence-electron chi connectivity index (χ4n) is 2.27. The molecule has 0 aliphatic carbocycles. The maximum atomic E-state index is 13.5. The molecule has 2 aromatic carbocycles. The Balaban J connectivity index is 1.89. The summed E-state index contributed by atoms with van der Waals surface area (Å²) in [6, 6.07) is 13.5. The molecule has 0 atom stereocenters. The summed E-state index contributed by atoms with van der Waals surface area (Å²) in [5.41, 5.74) is 1.31. The number of benzene rings is 2. The normalized spacial score (nSPS) is 10.3. The predicted molar refractivity (Wildman–Crippen MR) is 96.2 cm³/mol. The highest BCUT2D eigenvalue weighted by Crippen LogP contribution is 2.28. The van der Waals surface area contributed by atoms with E-state index >= 15 is 0 Å². The lowest BCUT2D eigenvalue weighted by Gasteiger charge is -2.08. The molecule has 2 aromatic rings. The molecule has 0 aromatic heterocycles. The van der Waals surface area contributed by atoms with Gasteiger partial charge in [-0.3, -0.25) is 4.79 Å². The van der Waals surface area contributed by atoms with Crippen LogP contribution >= 0.6 is 0 Å². The number of amides is 1. The molecule has 1 amide bonds. The first kappa shape index (κ1) is 19.0. The van der Waals surface area contributed by atoms with Gasteiger partial charge in [0.05, 0.1) is 7.11 Å². The maximum Gasteiger partial charge on any atom is 0.244 e. The molecule has 6 heteroatoms. The number of hydrogen-bond donors (Lipinski definition) is 1. The van der Waals surface area contributed by atoms with E-state index in [1.807, 2.05) is 6.07 Å². The number of nitrogens with zero attached hydrogens (tertiary/aromatic N) is 1. The van der Waals surface area contributed by atoms with Crippen LogP contribution in [0.5, 0.6) is 11.5 Å².